The van der Waals surface area contributed by atoms with Crippen molar-refractivity contribution in [2.24, 2.45) is 5.92 Å². The normalized spacial score (nSPS) is 29.5. The largest absolute Gasteiger partial charge is 0.378 e. The molecule has 0 bridgehead atoms. The van der Waals surface area contributed by atoms with Crippen LogP contribution in [0.2, 0.25) is 0 Å². The maximum Gasteiger partial charge on any atom is 0.0575 e. The molecule has 0 spiro atoms. The topological polar surface area (TPSA) is 21.3 Å². The van der Waals surface area contributed by atoms with E-state index in [1.807, 2.05) is 0 Å². The summed E-state index contributed by atoms with van der Waals surface area (Å²) in [6.45, 7) is 4.57. The zero-order chi connectivity index (χ0) is 11.9. The number of unbranched alkanes of at least 4 members (excludes halogenated alkanes) is 2. The van der Waals surface area contributed by atoms with E-state index in [0.717, 1.165) is 18.6 Å². The fourth-order valence-corrected chi connectivity index (χ4v) is 2.64. The predicted molar refractivity (Wildman–Crippen MR) is 72.2 cm³/mol. The Kier molecular flexibility index (Phi) is 5.79. The maximum atomic E-state index is 5.95. The number of ether oxygens (including phenoxy) is 1. The average Bonchev–Trinajstić information content (AvgIpc) is 3.14. The summed E-state index contributed by atoms with van der Waals surface area (Å²) in [5, 5.41) is 3.56. The highest BCUT2D eigenvalue weighted by molar-refractivity contribution is 4.80. The molecule has 0 amide bonds. The molecule has 2 saturated carbocycles. The standard InChI is InChI=1S/C15H29NO/c1-13-5-9-15(10-6-13)17-12-4-2-3-11-16-14-7-8-14/h13-16H,2-12H2,1H3. The van der Waals surface area contributed by atoms with Crippen molar-refractivity contribution >= 4 is 0 Å². The van der Waals surface area contributed by atoms with E-state index in [1.54, 1.807) is 0 Å². The van der Waals surface area contributed by atoms with E-state index in [1.165, 1.54) is 64.3 Å². The lowest BCUT2D eigenvalue weighted by atomic mass is 9.89. The van der Waals surface area contributed by atoms with Gasteiger partial charge in [0.1, 0.15) is 0 Å². The minimum absolute atomic E-state index is 0.579. The van der Waals surface area contributed by atoms with Gasteiger partial charge in [0.15, 0.2) is 0 Å². The summed E-state index contributed by atoms with van der Waals surface area (Å²) in [5.74, 6) is 0.934. The van der Waals surface area contributed by atoms with Crippen LogP contribution in [0.25, 0.3) is 0 Å². The average molecular weight is 239 g/mol. The van der Waals surface area contributed by atoms with Crippen LogP contribution in [-0.2, 0) is 4.74 Å². The van der Waals surface area contributed by atoms with Crippen molar-refractivity contribution in [2.75, 3.05) is 13.2 Å². The van der Waals surface area contributed by atoms with Gasteiger partial charge in [0.2, 0.25) is 0 Å². The van der Waals surface area contributed by atoms with Crippen LogP contribution in [0.4, 0.5) is 0 Å². The van der Waals surface area contributed by atoms with Gasteiger partial charge in [0.05, 0.1) is 6.10 Å². The summed E-state index contributed by atoms with van der Waals surface area (Å²) in [7, 11) is 0. The first-order chi connectivity index (χ1) is 8.34. The molecule has 0 saturated heterocycles. The molecule has 2 aliphatic rings. The number of nitrogens with one attached hydrogen (secondary N) is 1. The molecule has 100 valence electrons. The summed E-state index contributed by atoms with van der Waals surface area (Å²) in [4.78, 5) is 0. The van der Waals surface area contributed by atoms with Gasteiger partial charge in [0, 0.05) is 12.6 Å². The van der Waals surface area contributed by atoms with E-state index < -0.39 is 0 Å². The molecular formula is C15H29NO. The first-order valence-corrected chi connectivity index (χ1v) is 7.69. The molecule has 2 aliphatic carbocycles. The van der Waals surface area contributed by atoms with Crippen LogP contribution in [0, 0.1) is 5.92 Å². The van der Waals surface area contributed by atoms with Gasteiger partial charge in [-0.15, -0.1) is 0 Å². The lowest BCUT2D eigenvalue weighted by Crippen LogP contribution is -2.21. The van der Waals surface area contributed by atoms with Crippen molar-refractivity contribution in [3.05, 3.63) is 0 Å². The van der Waals surface area contributed by atoms with Crippen molar-refractivity contribution in [3.63, 3.8) is 0 Å². The van der Waals surface area contributed by atoms with Gasteiger partial charge in [-0.2, -0.15) is 0 Å². The lowest BCUT2D eigenvalue weighted by Gasteiger charge is -2.26. The molecule has 2 heteroatoms. The zero-order valence-corrected chi connectivity index (χ0v) is 11.4. The van der Waals surface area contributed by atoms with Crippen molar-refractivity contribution in [1.82, 2.24) is 5.32 Å². The monoisotopic (exact) mass is 239 g/mol. The molecule has 0 heterocycles. The molecule has 2 fully saturated rings. The fraction of sp³-hybridized carbons (Fsp3) is 1.00. The Bertz CT molecular complexity index is 195. The van der Waals surface area contributed by atoms with Gasteiger partial charge in [-0.1, -0.05) is 6.92 Å². The third kappa shape index (κ3) is 5.87. The summed E-state index contributed by atoms with van der Waals surface area (Å²) in [5.41, 5.74) is 0. The molecule has 2 nitrogen and oxygen atoms in total. The van der Waals surface area contributed by atoms with Crippen LogP contribution in [0.15, 0.2) is 0 Å². The summed E-state index contributed by atoms with van der Waals surface area (Å²) in [6, 6.07) is 0.871. The number of hydrogen-bond acceptors (Lipinski definition) is 2. The minimum Gasteiger partial charge on any atom is -0.378 e. The molecule has 1 N–H and O–H groups in total. The van der Waals surface area contributed by atoms with E-state index in [0.29, 0.717) is 6.10 Å². The van der Waals surface area contributed by atoms with Gasteiger partial charge in [0.25, 0.3) is 0 Å². The molecule has 0 aromatic carbocycles. The Morgan fingerprint density at radius 3 is 2.41 bits per heavy atom. The highest BCUT2D eigenvalue weighted by atomic mass is 16.5. The Morgan fingerprint density at radius 2 is 1.71 bits per heavy atom. The molecular weight excluding hydrogens is 210 g/mol. The third-order valence-electron chi connectivity index (χ3n) is 4.15. The quantitative estimate of drug-likeness (QED) is 0.655. The second-order valence-corrected chi connectivity index (χ2v) is 6.04. The van der Waals surface area contributed by atoms with Crippen LogP contribution in [-0.4, -0.2) is 25.3 Å². The van der Waals surface area contributed by atoms with Gasteiger partial charge in [-0.3, -0.25) is 0 Å². The molecule has 0 unspecified atom stereocenters. The molecule has 0 radical (unpaired) electrons. The van der Waals surface area contributed by atoms with Crippen molar-refractivity contribution in [2.45, 2.75) is 76.9 Å². The molecule has 17 heavy (non-hydrogen) atoms. The third-order valence-corrected chi connectivity index (χ3v) is 4.15. The second-order valence-electron chi connectivity index (χ2n) is 6.04. The van der Waals surface area contributed by atoms with Crippen LogP contribution >= 0.6 is 0 Å². The number of hydrogen-bond donors (Lipinski definition) is 1. The Labute approximate surface area is 107 Å². The van der Waals surface area contributed by atoms with Crippen LogP contribution in [0.1, 0.15) is 64.7 Å². The Balaban J connectivity index is 1.35. The molecule has 0 aliphatic heterocycles. The molecule has 0 aromatic heterocycles. The number of rotatable bonds is 8. The van der Waals surface area contributed by atoms with Gasteiger partial charge >= 0.3 is 0 Å². The van der Waals surface area contributed by atoms with Crippen LogP contribution < -0.4 is 5.32 Å². The first kappa shape index (κ1) is 13.4. The van der Waals surface area contributed by atoms with Crippen LogP contribution in [0.3, 0.4) is 0 Å². The first-order valence-electron chi connectivity index (χ1n) is 7.69. The Morgan fingerprint density at radius 1 is 0.941 bits per heavy atom. The van der Waals surface area contributed by atoms with Crippen molar-refractivity contribution in [1.29, 1.82) is 0 Å². The molecule has 0 aromatic rings. The highest BCUT2D eigenvalue weighted by Crippen LogP contribution is 2.25. The van der Waals surface area contributed by atoms with Crippen molar-refractivity contribution < 1.29 is 4.74 Å². The minimum atomic E-state index is 0.579. The predicted octanol–water partition coefficient (Wildman–Crippen LogP) is 3.50. The lowest BCUT2D eigenvalue weighted by molar-refractivity contribution is 0.0179. The second kappa shape index (κ2) is 7.38. The van der Waals surface area contributed by atoms with Crippen LogP contribution in [0.5, 0.6) is 0 Å². The maximum absolute atomic E-state index is 5.95. The summed E-state index contributed by atoms with van der Waals surface area (Å²) in [6.07, 6.45) is 12.6. The van der Waals surface area contributed by atoms with Crippen molar-refractivity contribution in [3.8, 4) is 0 Å². The summed E-state index contributed by atoms with van der Waals surface area (Å²) >= 11 is 0. The fourth-order valence-electron chi connectivity index (χ4n) is 2.64. The molecule has 0 atom stereocenters. The van der Waals surface area contributed by atoms with Gasteiger partial charge < -0.3 is 10.1 Å². The van der Waals surface area contributed by atoms with E-state index in [9.17, 15) is 0 Å². The SMILES string of the molecule is CC1CCC(OCCCCCNC2CC2)CC1. The highest BCUT2D eigenvalue weighted by Gasteiger charge is 2.19. The smallest absolute Gasteiger partial charge is 0.0575 e. The van der Waals surface area contributed by atoms with E-state index >= 15 is 0 Å². The Hall–Kier alpha value is -0.0800. The van der Waals surface area contributed by atoms with E-state index in [-0.39, 0.29) is 0 Å². The van der Waals surface area contributed by atoms with E-state index in [4.69, 9.17) is 4.74 Å². The molecule has 2 rings (SSSR count). The van der Waals surface area contributed by atoms with Gasteiger partial charge in [-0.25, -0.2) is 0 Å². The van der Waals surface area contributed by atoms with E-state index in [2.05, 4.69) is 12.2 Å². The van der Waals surface area contributed by atoms with Gasteiger partial charge in [-0.05, 0) is 70.3 Å². The zero-order valence-electron chi connectivity index (χ0n) is 11.4. The summed E-state index contributed by atoms with van der Waals surface area (Å²) < 4.78 is 5.95.